The van der Waals surface area contributed by atoms with Crippen molar-refractivity contribution in [3.05, 3.63) is 0 Å². The molecule has 0 aromatic carbocycles. The van der Waals surface area contributed by atoms with Crippen molar-refractivity contribution in [1.82, 2.24) is 10.2 Å². The fourth-order valence-electron chi connectivity index (χ4n) is 2.99. The number of hydrogen-bond acceptors (Lipinski definition) is 2. The molecule has 1 rings (SSSR count). The summed E-state index contributed by atoms with van der Waals surface area (Å²) in [6, 6.07) is -0.364. The number of nitrogens with zero attached hydrogens (tertiary/aromatic N) is 1. The molecule has 5 nitrogen and oxygen atoms in total. The van der Waals surface area contributed by atoms with Crippen molar-refractivity contribution in [3.8, 4) is 0 Å². The van der Waals surface area contributed by atoms with E-state index in [0.29, 0.717) is 6.42 Å². The molecule has 0 spiro atoms. The maximum atomic E-state index is 12.3. The van der Waals surface area contributed by atoms with Gasteiger partial charge in [-0.25, -0.2) is 4.79 Å². The molecule has 0 saturated carbocycles. The summed E-state index contributed by atoms with van der Waals surface area (Å²) in [5.74, 6) is -0.860. The number of urea groups is 1. The molecule has 0 radical (unpaired) electrons. The van der Waals surface area contributed by atoms with Crippen LogP contribution in [0, 0.1) is 5.41 Å². The number of rotatable bonds is 7. The topological polar surface area (TPSA) is 69.6 Å². The lowest BCUT2D eigenvalue weighted by molar-refractivity contribution is -0.137. The number of carbonyl (C=O) groups is 2. The minimum atomic E-state index is -0.860. The van der Waals surface area contributed by atoms with E-state index in [0.717, 1.165) is 38.8 Å². The number of carbonyl (C=O) groups excluding carboxylic acids is 1. The zero-order valence-corrected chi connectivity index (χ0v) is 12.9. The molecule has 0 aromatic heterocycles. The van der Waals surface area contributed by atoms with Gasteiger partial charge < -0.3 is 15.3 Å². The maximum absolute atomic E-state index is 12.3. The first-order chi connectivity index (χ1) is 9.46. The second-order valence-electron chi connectivity index (χ2n) is 5.91. The summed E-state index contributed by atoms with van der Waals surface area (Å²) in [6.07, 6.45) is 4.79. The van der Waals surface area contributed by atoms with Crippen molar-refractivity contribution in [1.29, 1.82) is 0 Å². The van der Waals surface area contributed by atoms with Crippen LogP contribution >= 0.6 is 0 Å². The first-order valence-corrected chi connectivity index (χ1v) is 7.73. The second-order valence-corrected chi connectivity index (χ2v) is 5.91. The van der Waals surface area contributed by atoms with E-state index in [2.05, 4.69) is 19.2 Å². The molecule has 1 heterocycles. The Hall–Kier alpha value is -1.26. The fraction of sp³-hybridized carbons (Fsp3) is 0.867. The van der Waals surface area contributed by atoms with Gasteiger partial charge in [0.1, 0.15) is 0 Å². The highest BCUT2D eigenvalue weighted by Gasteiger charge is 2.37. The Morgan fingerprint density at radius 2 is 1.95 bits per heavy atom. The van der Waals surface area contributed by atoms with Crippen LogP contribution in [0.15, 0.2) is 0 Å². The Morgan fingerprint density at radius 3 is 2.40 bits per heavy atom. The van der Waals surface area contributed by atoms with Crippen LogP contribution in [-0.2, 0) is 4.79 Å². The third-order valence-electron chi connectivity index (χ3n) is 4.61. The smallest absolute Gasteiger partial charge is 0.317 e. The van der Waals surface area contributed by atoms with E-state index in [1.807, 2.05) is 11.8 Å². The largest absolute Gasteiger partial charge is 0.481 e. The van der Waals surface area contributed by atoms with Crippen molar-refractivity contribution in [2.45, 2.75) is 65.3 Å². The van der Waals surface area contributed by atoms with Gasteiger partial charge in [-0.2, -0.15) is 0 Å². The third-order valence-corrected chi connectivity index (χ3v) is 4.61. The second kappa shape index (κ2) is 7.50. The van der Waals surface area contributed by atoms with E-state index >= 15 is 0 Å². The summed E-state index contributed by atoms with van der Waals surface area (Å²) < 4.78 is 0. The van der Waals surface area contributed by atoms with E-state index in [9.17, 15) is 9.59 Å². The average molecular weight is 284 g/mol. The number of aliphatic carboxylic acids is 1. The van der Waals surface area contributed by atoms with Gasteiger partial charge in [-0.3, -0.25) is 4.79 Å². The number of carboxylic acids is 1. The summed E-state index contributed by atoms with van der Waals surface area (Å²) >= 11 is 0. The minimum Gasteiger partial charge on any atom is -0.481 e. The van der Waals surface area contributed by atoms with Gasteiger partial charge in [0.2, 0.25) is 0 Å². The van der Waals surface area contributed by atoms with Crippen molar-refractivity contribution in [3.63, 3.8) is 0 Å². The van der Waals surface area contributed by atoms with Crippen molar-refractivity contribution >= 4 is 12.0 Å². The van der Waals surface area contributed by atoms with E-state index in [1.54, 1.807) is 0 Å². The molecule has 1 aliphatic rings. The van der Waals surface area contributed by atoms with Gasteiger partial charge in [-0.05, 0) is 31.1 Å². The quantitative estimate of drug-likeness (QED) is 0.755. The lowest BCUT2D eigenvalue weighted by atomic mass is 9.82. The van der Waals surface area contributed by atoms with Crippen molar-refractivity contribution in [2.75, 3.05) is 13.1 Å². The number of nitrogens with one attached hydrogen (secondary N) is 1. The molecule has 0 bridgehead atoms. The van der Waals surface area contributed by atoms with Gasteiger partial charge in [0.25, 0.3) is 0 Å². The van der Waals surface area contributed by atoms with E-state index < -0.39 is 5.97 Å². The highest BCUT2D eigenvalue weighted by Crippen LogP contribution is 2.36. The molecule has 116 valence electrons. The third kappa shape index (κ3) is 4.39. The zero-order valence-electron chi connectivity index (χ0n) is 12.9. The molecule has 1 saturated heterocycles. The van der Waals surface area contributed by atoms with Crippen LogP contribution in [-0.4, -0.2) is 41.1 Å². The molecular weight excluding hydrogens is 256 g/mol. The molecule has 2 N–H and O–H groups in total. The summed E-state index contributed by atoms with van der Waals surface area (Å²) in [5.41, 5.74) is 0.254. The lowest BCUT2D eigenvalue weighted by Gasteiger charge is -2.27. The monoisotopic (exact) mass is 284 g/mol. The van der Waals surface area contributed by atoms with Gasteiger partial charge >= 0.3 is 12.0 Å². The highest BCUT2D eigenvalue weighted by molar-refractivity contribution is 5.76. The Kier molecular flexibility index (Phi) is 6.30. The van der Waals surface area contributed by atoms with Gasteiger partial charge in [-0.15, -0.1) is 0 Å². The van der Waals surface area contributed by atoms with Crippen molar-refractivity contribution in [2.24, 2.45) is 5.41 Å². The molecule has 0 aromatic rings. The van der Waals surface area contributed by atoms with Crippen LogP contribution in [0.1, 0.15) is 59.3 Å². The summed E-state index contributed by atoms with van der Waals surface area (Å²) in [4.78, 5) is 24.9. The first kappa shape index (κ1) is 16.8. The van der Waals surface area contributed by atoms with E-state index in [1.165, 1.54) is 0 Å². The minimum absolute atomic E-state index is 0.000117. The lowest BCUT2D eigenvalue weighted by Crippen LogP contribution is -2.45. The molecule has 2 amide bonds. The van der Waals surface area contributed by atoms with Crippen LogP contribution in [0.4, 0.5) is 4.79 Å². The van der Waals surface area contributed by atoms with Crippen LogP contribution < -0.4 is 5.32 Å². The number of hydrogen-bond donors (Lipinski definition) is 2. The fourth-order valence-corrected chi connectivity index (χ4v) is 2.99. The molecule has 20 heavy (non-hydrogen) atoms. The van der Waals surface area contributed by atoms with E-state index in [4.69, 9.17) is 5.11 Å². The Morgan fingerprint density at radius 1 is 1.30 bits per heavy atom. The van der Waals surface area contributed by atoms with Gasteiger partial charge in [0.05, 0.1) is 6.42 Å². The molecule has 5 heteroatoms. The van der Waals surface area contributed by atoms with Crippen molar-refractivity contribution < 1.29 is 14.7 Å². The normalized spacial score (nSPS) is 18.9. The van der Waals surface area contributed by atoms with Crippen LogP contribution in [0.5, 0.6) is 0 Å². The summed E-state index contributed by atoms with van der Waals surface area (Å²) in [6.45, 7) is 7.91. The standard InChI is InChI=1S/C15H28N2O3/c1-4-7-12(10-13(18)19)16-14(20)17-9-8-15(5-2,6-3)11-17/h12H,4-11H2,1-3H3,(H,16,20)(H,18,19). The highest BCUT2D eigenvalue weighted by atomic mass is 16.4. The van der Waals surface area contributed by atoms with Gasteiger partial charge in [0, 0.05) is 19.1 Å². The average Bonchev–Trinajstić information content (AvgIpc) is 2.83. The Bertz CT molecular complexity index is 340. The molecule has 1 unspecified atom stereocenters. The molecule has 1 atom stereocenters. The zero-order chi connectivity index (χ0) is 15.2. The molecule has 0 aliphatic carbocycles. The van der Waals surface area contributed by atoms with Crippen LogP contribution in [0.2, 0.25) is 0 Å². The molecule has 1 fully saturated rings. The Labute approximate surface area is 121 Å². The van der Waals surface area contributed by atoms with Gasteiger partial charge in [0.15, 0.2) is 0 Å². The molecule has 1 aliphatic heterocycles. The maximum Gasteiger partial charge on any atom is 0.317 e. The predicted molar refractivity (Wildman–Crippen MR) is 78.7 cm³/mol. The number of amides is 2. The van der Waals surface area contributed by atoms with Crippen LogP contribution in [0.3, 0.4) is 0 Å². The predicted octanol–water partition coefficient (Wildman–Crippen LogP) is 2.85. The molecular formula is C15H28N2O3. The SMILES string of the molecule is CCCC(CC(=O)O)NC(=O)N1CCC(CC)(CC)C1. The van der Waals surface area contributed by atoms with E-state index in [-0.39, 0.29) is 23.9 Å². The number of carboxylic acid groups (broad SMARTS) is 1. The summed E-state index contributed by atoms with van der Waals surface area (Å²) in [5, 5.41) is 11.8. The first-order valence-electron chi connectivity index (χ1n) is 7.73. The Balaban J connectivity index is 2.55. The number of likely N-dealkylation sites (tertiary alicyclic amines) is 1. The van der Waals surface area contributed by atoms with Crippen LogP contribution in [0.25, 0.3) is 0 Å². The van der Waals surface area contributed by atoms with Gasteiger partial charge in [-0.1, -0.05) is 27.2 Å². The summed E-state index contributed by atoms with van der Waals surface area (Å²) in [7, 11) is 0.